The van der Waals surface area contributed by atoms with Gasteiger partial charge < -0.3 is 10.8 Å². The van der Waals surface area contributed by atoms with Gasteiger partial charge in [-0.05, 0) is 48.5 Å². The predicted octanol–water partition coefficient (Wildman–Crippen LogP) is 1.67. The minimum atomic E-state index is -0.612. The fourth-order valence-electron chi connectivity index (χ4n) is 2.54. The first-order chi connectivity index (χ1) is 7.91. The van der Waals surface area contributed by atoms with E-state index >= 15 is 0 Å². The van der Waals surface area contributed by atoms with Gasteiger partial charge in [0, 0.05) is 19.5 Å². The standard InChI is InChI=1S/C12H20BrN3O/c1-8-11(13)10(16(2)15-8)7-12(17)5-3-9(14)4-6-12/h9,17H,3-7,14H2,1-2H3. The summed E-state index contributed by atoms with van der Waals surface area (Å²) in [7, 11) is 1.92. The molecule has 1 fully saturated rings. The Labute approximate surface area is 110 Å². The molecule has 0 atom stereocenters. The van der Waals surface area contributed by atoms with Crippen LogP contribution in [0, 0.1) is 6.92 Å². The largest absolute Gasteiger partial charge is 0.389 e. The lowest BCUT2D eigenvalue weighted by atomic mass is 9.79. The summed E-state index contributed by atoms with van der Waals surface area (Å²) in [6.07, 6.45) is 4.03. The van der Waals surface area contributed by atoms with Crippen LogP contribution in [-0.4, -0.2) is 26.5 Å². The van der Waals surface area contributed by atoms with Crippen LogP contribution in [0.1, 0.15) is 37.1 Å². The normalized spacial score (nSPS) is 29.6. The van der Waals surface area contributed by atoms with Crippen molar-refractivity contribution in [3.8, 4) is 0 Å². The van der Waals surface area contributed by atoms with Crippen molar-refractivity contribution in [3.05, 3.63) is 15.9 Å². The number of nitrogens with two attached hydrogens (primary N) is 1. The van der Waals surface area contributed by atoms with E-state index in [9.17, 15) is 5.11 Å². The van der Waals surface area contributed by atoms with Crippen molar-refractivity contribution in [2.24, 2.45) is 12.8 Å². The molecule has 0 saturated heterocycles. The van der Waals surface area contributed by atoms with Crippen LogP contribution in [0.4, 0.5) is 0 Å². The third kappa shape index (κ3) is 2.72. The van der Waals surface area contributed by atoms with E-state index in [-0.39, 0.29) is 6.04 Å². The third-order valence-corrected chi connectivity index (χ3v) is 4.75. The first-order valence-electron chi connectivity index (χ1n) is 6.07. The van der Waals surface area contributed by atoms with Gasteiger partial charge in [0.15, 0.2) is 0 Å². The summed E-state index contributed by atoms with van der Waals surface area (Å²) >= 11 is 3.54. The lowest BCUT2D eigenvalue weighted by molar-refractivity contribution is -0.00144. The van der Waals surface area contributed by atoms with Crippen molar-refractivity contribution in [1.29, 1.82) is 0 Å². The van der Waals surface area contributed by atoms with Gasteiger partial charge in [-0.15, -0.1) is 0 Å². The van der Waals surface area contributed by atoms with Crippen LogP contribution in [0.2, 0.25) is 0 Å². The zero-order chi connectivity index (χ0) is 12.6. The number of hydrogen-bond acceptors (Lipinski definition) is 3. The molecule has 3 N–H and O–H groups in total. The second-order valence-electron chi connectivity index (χ2n) is 5.21. The summed E-state index contributed by atoms with van der Waals surface area (Å²) in [6.45, 7) is 1.97. The van der Waals surface area contributed by atoms with E-state index in [2.05, 4.69) is 21.0 Å². The van der Waals surface area contributed by atoms with Gasteiger partial charge in [0.25, 0.3) is 0 Å². The van der Waals surface area contributed by atoms with Gasteiger partial charge in [-0.1, -0.05) is 0 Å². The fourth-order valence-corrected chi connectivity index (χ4v) is 3.01. The molecule has 0 radical (unpaired) electrons. The van der Waals surface area contributed by atoms with E-state index in [1.54, 1.807) is 0 Å². The van der Waals surface area contributed by atoms with Gasteiger partial charge in [0.1, 0.15) is 0 Å². The average molecular weight is 302 g/mol. The van der Waals surface area contributed by atoms with Crippen LogP contribution in [0.15, 0.2) is 4.47 Å². The number of hydrogen-bond donors (Lipinski definition) is 2. The van der Waals surface area contributed by atoms with Crippen LogP contribution in [0.25, 0.3) is 0 Å². The molecule has 0 amide bonds. The number of aryl methyl sites for hydroxylation is 2. The highest BCUT2D eigenvalue weighted by atomic mass is 79.9. The molecule has 1 aromatic heterocycles. The smallest absolute Gasteiger partial charge is 0.0738 e. The van der Waals surface area contributed by atoms with Gasteiger partial charge >= 0.3 is 0 Å². The number of rotatable bonds is 2. The second-order valence-corrected chi connectivity index (χ2v) is 6.00. The van der Waals surface area contributed by atoms with E-state index in [4.69, 9.17) is 5.73 Å². The van der Waals surface area contributed by atoms with Crippen LogP contribution in [0.3, 0.4) is 0 Å². The molecule has 0 unspecified atom stereocenters. The predicted molar refractivity (Wildman–Crippen MR) is 70.7 cm³/mol. The van der Waals surface area contributed by atoms with Crippen LogP contribution < -0.4 is 5.73 Å². The van der Waals surface area contributed by atoms with Gasteiger partial charge in [-0.3, -0.25) is 4.68 Å². The molecule has 1 saturated carbocycles. The zero-order valence-electron chi connectivity index (χ0n) is 10.4. The number of aromatic nitrogens is 2. The van der Waals surface area contributed by atoms with Crippen LogP contribution >= 0.6 is 15.9 Å². The van der Waals surface area contributed by atoms with E-state index in [0.29, 0.717) is 6.42 Å². The number of aliphatic hydroxyl groups is 1. The first kappa shape index (κ1) is 13.1. The maximum absolute atomic E-state index is 10.6. The molecule has 0 aromatic carbocycles. The molecule has 1 aliphatic rings. The summed E-state index contributed by atoms with van der Waals surface area (Å²) in [6, 6.07) is 0.256. The van der Waals surface area contributed by atoms with Crippen molar-refractivity contribution < 1.29 is 5.11 Å². The number of nitrogens with zero attached hydrogens (tertiary/aromatic N) is 2. The minimum Gasteiger partial charge on any atom is -0.389 e. The molecule has 0 bridgehead atoms. The van der Waals surface area contributed by atoms with Crippen molar-refractivity contribution in [2.45, 2.75) is 50.7 Å². The van der Waals surface area contributed by atoms with E-state index in [1.807, 2.05) is 18.7 Å². The Hall–Kier alpha value is -0.390. The topological polar surface area (TPSA) is 64.1 Å². The lowest BCUT2D eigenvalue weighted by Crippen LogP contribution is -2.40. The summed E-state index contributed by atoms with van der Waals surface area (Å²) in [5, 5.41) is 14.9. The molecule has 2 rings (SSSR count). The Morgan fingerprint density at radius 2 is 2.12 bits per heavy atom. The van der Waals surface area contributed by atoms with Gasteiger partial charge in [0.2, 0.25) is 0 Å². The fraction of sp³-hybridized carbons (Fsp3) is 0.750. The molecule has 1 heterocycles. The summed E-state index contributed by atoms with van der Waals surface area (Å²) < 4.78 is 2.87. The Kier molecular flexibility index (Phi) is 3.61. The SMILES string of the molecule is Cc1nn(C)c(CC2(O)CCC(N)CC2)c1Br. The van der Waals surface area contributed by atoms with Crippen molar-refractivity contribution in [2.75, 3.05) is 0 Å². The van der Waals surface area contributed by atoms with E-state index < -0.39 is 5.60 Å². The molecule has 1 aliphatic carbocycles. The molecule has 0 spiro atoms. The molecule has 0 aliphatic heterocycles. The monoisotopic (exact) mass is 301 g/mol. The third-order valence-electron chi connectivity index (χ3n) is 3.72. The summed E-state index contributed by atoms with van der Waals surface area (Å²) in [5.74, 6) is 0. The highest BCUT2D eigenvalue weighted by molar-refractivity contribution is 9.10. The highest BCUT2D eigenvalue weighted by Crippen LogP contribution is 2.33. The van der Waals surface area contributed by atoms with E-state index in [0.717, 1.165) is 41.5 Å². The van der Waals surface area contributed by atoms with Crippen LogP contribution in [0.5, 0.6) is 0 Å². The summed E-state index contributed by atoms with van der Waals surface area (Å²) in [5.41, 5.74) is 7.30. The Morgan fingerprint density at radius 1 is 1.53 bits per heavy atom. The zero-order valence-corrected chi connectivity index (χ0v) is 12.0. The molecule has 17 heavy (non-hydrogen) atoms. The molecule has 4 nitrogen and oxygen atoms in total. The second kappa shape index (κ2) is 4.71. The maximum Gasteiger partial charge on any atom is 0.0738 e. The van der Waals surface area contributed by atoms with Crippen molar-refractivity contribution >= 4 is 15.9 Å². The Morgan fingerprint density at radius 3 is 2.59 bits per heavy atom. The van der Waals surface area contributed by atoms with Gasteiger partial charge in [0.05, 0.1) is 21.5 Å². The molecular weight excluding hydrogens is 282 g/mol. The quantitative estimate of drug-likeness (QED) is 0.873. The molecule has 1 aromatic rings. The lowest BCUT2D eigenvalue weighted by Gasteiger charge is -2.34. The summed E-state index contributed by atoms with van der Waals surface area (Å²) in [4.78, 5) is 0. The van der Waals surface area contributed by atoms with Gasteiger partial charge in [-0.2, -0.15) is 5.10 Å². The first-order valence-corrected chi connectivity index (χ1v) is 6.86. The molecular formula is C12H20BrN3O. The number of halogens is 1. The van der Waals surface area contributed by atoms with Crippen LogP contribution in [-0.2, 0) is 13.5 Å². The highest BCUT2D eigenvalue weighted by Gasteiger charge is 2.33. The minimum absolute atomic E-state index is 0.256. The molecule has 96 valence electrons. The maximum atomic E-state index is 10.6. The Bertz CT molecular complexity index is 408. The Balaban J connectivity index is 2.15. The molecule has 5 heteroatoms. The van der Waals surface area contributed by atoms with Crippen molar-refractivity contribution in [3.63, 3.8) is 0 Å². The van der Waals surface area contributed by atoms with E-state index in [1.165, 1.54) is 0 Å². The van der Waals surface area contributed by atoms with Gasteiger partial charge in [-0.25, -0.2) is 0 Å². The average Bonchev–Trinajstić information content (AvgIpc) is 2.50. The van der Waals surface area contributed by atoms with Crippen molar-refractivity contribution in [1.82, 2.24) is 9.78 Å².